The van der Waals surface area contributed by atoms with Gasteiger partial charge in [-0.1, -0.05) is 18.6 Å². The van der Waals surface area contributed by atoms with Gasteiger partial charge in [-0.2, -0.15) is 5.10 Å². The number of nitrogens with one attached hydrogen (secondary N) is 2. The van der Waals surface area contributed by atoms with Crippen LogP contribution in [0.25, 0.3) is 0 Å². The standard InChI is InChI=1S/C22H30N4O2/c1-28-17-9-7-8-16(14-17)20(26-12-5-2-6-13-26)15-23-22(27)21-18-10-3-4-11-19(18)24-25-21/h7-9,14,20H,2-6,10-13,15H2,1H3,(H,23,27)(H,24,25). The molecule has 4 rings (SSSR count). The average molecular weight is 383 g/mol. The molecule has 1 amide bonds. The van der Waals surface area contributed by atoms with Crippen molar-refractivity contribution in [1.82, 2.24) is 20.4 Å². The molecule has 2 aliphatic rings. The zero-order chi connectivity index (χ0) is 19.3. The minimum Gasteiger partial charge on any atom is -0.497 e. The third-order valence-corrected chi connectivity index (χ3v) is 6.04. The first-order chi connectivity index (χ1) is 13.8. The van der Waals surface area contributed by atoms with Gasteiger partial charge in [0.15, 0.2) is 5.69 Å². The monoisotopic (exact) mass is 382 g/mol. The number of aromatic nitrogens is 2. The molecule has 1 aliphatic heterocycles. The van der Waals surface area contributed by atoms with Gasteiger partial charge < -0.3 is 10.1 Å². The van der Waals surface area contributed by atoms with Gasteiger partial charge in [0.05, 0.1) is 13.2 Å². The third-order valence-electron chi connectivity index (χ3n) is 6.04. The van der Waals surface area contributed by atoms with E-state index in [1.807, 2.05) is 12.1 Å². The molecule has 6 nitrogen and oxygen atoms in total. The van der Waals surface area contributed by atoms with Crippen LogP contribution < -0.4 is 10.1 Å². The fourth-order valence-electron chi connectivity index (χ4n) is 4.48. The van der Waals surface area contributed by atoms with Gasteiger partial charge in [-0.3, -0.25) is 14.8 Å². The summed E-state index contributed by atoms with van der Waals surface area (Å²) in [5.41, 5.74) is 4.01. The van der Waals surface area contributed by atoms with Crippen LogP contribution in [0.15, 0.2) is 24.3 Å². The number of carbonyl (C=O) groups is 1. The summed E-state index contributed by atoms with van der Waals surface area (Å²) in [6, 6.07) is 8.35. The van der Waals surface area contributed by atoms with Gasteiger partial charge in [-0.15, -0.1) is 0 Å². The number of hydrogen-bond donors (Lipinski definition) is 2. The number of H-pyrrole nitrogens is 1. The van der Waals surface area contributed by atoms with Gasteiger partial charge in [-0.25, -0.2) is 0 Å². The van der Waals surface area contributed by atoms with Crippen molar-refractivity contribution in [1.29, 1.82) is 0 Å². The van der Waals surface area contributed by atoms with Crippen LogP contribution in [0.3, 0.4) is 0 Å². The number of hydrogen-bond acceptors (Lipinski definition) is 4. The highest BCUT2D eigenvalue weighted by Crippen LogP contribution is 2.27. The Morgan fingerprint density at radius 3 is 2.86 bits per heavy atom. The zero-order valence-electron chi connectivity index (χ0n) is 16.7. The van der Waals surface area contributed by atoms with Gasteiger partial charge in [0.25, 0.3) is 5.91 Å². The second-order valence-corrected chi connectivity index (χ2v) is 7.84. The Kier molecular flexibility index (Phi) is 5.95. The minimum atomic E-state index is -0.0655. The highest BCUT2D eigenvalue weighted by atomic mass is 16.5. The van der Waals surface area contributed by atoms with Crippen LogP contribution in [-0.2, 0) is 12.8 Å². The second-order valence-electron chi connectivity index (χ2n) is 7.84. The van der Waals surface area contributed by atoms with E-state index in [4.69, 9.17) is 4.74 Å². The Balaban J connectivity index is 1.50. The topological polar surface area (TPSA) is 70.2 Å². The van der Waals surface area contributed by atoms with E-state index < -0.39 is 0 Å². The van der Waals surface area contributed by atoms with E-state index in [-0.39, 0.29) is 11.9 Å². The molecule has 1 aromatic carbocycles. The summed E-state index contributed by atoms with van der Waals surface area (Å²) in [5.74, 6) is 0.788. The van der Waals surface area contributed by atoms with Gasteiger partial charge in [-0.05, 0) is 69.3 Å². The van der Waals surface area contributed by atoms with Crippen molar-refractivity contribution in [3.63, 3.8) is 0 Å². The Hall–Kier alpha value is -2.34. The lowest BCUT2D eigenvalue weighted by atomic mass is 9.95. The van der Waals surface area contributed by atoms with Crippen LogP contribution in [-0.4, -0.2) is 47.7 Å². The minimum absolute atomic E-state index is 0.0655. The summed E-state index contributed by atoms with van der Waals surface area (Å²) >= 11 is 0. The number of methoxy groups -OCH3 is 1. The number of likely N-dealkylation sites (tertiary alicyclic amines) is 1. The molecule has 150 valence electrons. The van der Waals surface area contributed by atoms with Crippen molar-refractivity contribution in [2.75, 3.05) is 26.7 Å². The van der Waals surface area contributed by atoms with Crippen molar-refractivity contribution < 1.29 is 9.53 Å². The van der Waals surface area contributed by atoms with Crippen molar-refractivity contribution in [3.8, 4) is 5.75 Å². The predicted molar refractivity (Wildman–Crippen MR) is 109 cm³/mol. The first-order valence-corrected chi connectivity index (χ1v) is 10.5. The SMILES string of the molecule is COc1cccc(C(CNC(=O)c2n[nH]c3c2CCCC3)N2CCCCC2)c1. The number of aromatic amines is 1. The number of aryl methyl sites for hydroxylation is 1. The van der Waals surface area contributed by atoms with Crippen molar-refractivity contribution in [2.45, 2.75) is 51.0 Å². The van der Waals surface area contributed by atoms with Crippen LogP contribution in [0.4, 0.5) is 0 Å². The van der Waals surface area contributed by atoms with Crippen LogP contribution >= 0.6 is 0 Å². The Morgan fingerprint density at radius 2 is 2.04 bits per heavy atom. The van der Waals surface area contributed by atoms with Crippen LogP contribution in [0.1, 0.15) is 65.5 Å². The molecule has 2 heterocycles. The molecule has 2 aromatic rings. The summed E-state index contributed by atoms with van der Waals surface area (Å²) in [7, 11) is 1.69. The number of rotatable bonds is 6. The molecule has 1 unspecified atom stereocenters. The number of benzene rings is 1. The average Bonchev–Trinajstić information content (AvgIpc) is 3.19. The maximum atomic E-state index is 12.9. The smallest absolute Gasteiger partial charge is 0.272 e. The molecule has 1 atom stereocenters. The zero-order valence-corrected chi connectivity index (χ0v) is 16.7. The van der Waals surface area contributed by atoms with Crippen LogP contribution in [0.2, 0.25) is 0 Å². The number of fused-ring (bicyclic) bond motifs is 1. The van der Waals surface area contributed by atoms with Crippen molar-refractivity contribution in [3.05, 3.63) is 46.8 Å². The lowest BCUT2D eigenvalue weighted by Gasteiger charge is -2.35. The molecule has 2 N–H and O–H groups in total. The molecule has 1 aromatic heterocycles. The van der Waals surface area contributed by atoms with Crippen LogP contribution in [0.5, 0.6) is 5.75 Å². The molecule has 1 aliphatic carbocycles. The second kappa shape index (κ2) is 8.78. The van der Waals surface area contributed by atoms with E-state index in [9.17, 15) is 4.79 Å². The molecule has 6 heteroatoms. The van der Waals surface area contributed by atoms with Crippen molar-refractivity contribution >= 4 is 5.91 Å². The number of piperidine rings is 1. The first kappa shape index (κ1) is 19.0. The maximum Gasteiger partial charge on any atom is 0.272 e. The third kappa shape index (κ3) is 4.07. The Morgan fingerprint density at radius 1 is 1.21 bits per heavy atom. The molecular weight excluding hydrogens is 352 g/mol. The van der Waals surface area contributed by atoms with E-state index in [0.29, 0.717) is 12.2 Å². The lowest BCUT2D eigenvalue weighted by Crippen LogP contribution is -2.40. The Bertz CT molecular complexity index is 811. The first-order valence-electron chi connectivity index (χ1n) is 10.5. The quantitative estimate of drug-likeness (QED) is 0.805. The molecular formula is C22H30N4O2. The molecule has 1 saturated heterocycles. The molecule has 0 spiro atoms. The lowest BCUT2D eigenvalue weighted by molar-refractivity contribution is 0.0918. The summed E-state index contributed by atoms with van der Waals surface area (Å²) < 4.78 is 5.42. The van der Waals surface area contributed by atoms with Gasteiger partial charge in [0, 0.05) is 17.8 Å². The normalized spacial score (nSPS) is 18.3. The van der Waals surface area contributed by atoms with Gasteiger partial charge in [0.1, 0.15) is 5.75 Å². The highest BCUT2D eigenvalue weighted by molar-refractivity contribution is 5.94. The number of ether oxygens (including phenoxy) is 1. The summed E-state index contributed by atoms with van der Waals surface area (Å²) in [6.07, 6.45) is 7.95. The fourth-order valence-corrected chi connectivity index (χ4v) is 4.48. The molecule has 28 heavy (non-hydrogen) atoms. The number of carbonyl (C=O) groups excluding carboxylic acids is 1. The predicted octanol–water partition coefficient (Wildman–Crippen LogP) is 3.25. The van der Waals surface area contributed by atoms with Gasteiger partial charge in [0.2, 0.25) is 0 Å². The highest BCUT2D eigenvalue weighted by Gasteiger charge is 2.26. The van der Waals surface area contributed by atoms with E-state index >= 15 is 0 Å². The molecule has 0 bridgehead atoms. The van der Waals surface area contributed by atoms with Gasteiger partial charge >= 0.3 is 0 Å². The van der Waals surface area contributed by atoms with E-state index in [1.54, 1.807) is 7.11 Å². The summed E-state index contributed by atoms with van der Waals surface area (Å²) in [6.45, 7) is 2.71. The molecule has 0 radical (unpaired) electrons. The molecule has 1 fully saturated rings. The van der Waals surface area contributed by atoms with Crippen LogP contribution in [0, 0.1) is 0 Å². The summed E-state index contributed by atoms with van der Waals surface area (Å²) in [5, 5.41) is 10.5. The number of amides is 1. The molecule has 0 saturated carbocycles. The van der Waals surface area contributed by atoms with E-state index in [1.165, 1.54) is 31.2 Å². The fraction of sp³-hybridized carbons (Fsp3) is 0.545. The number of nitrogens with zero attached hydrogens (tertiary/aromatic N) is 2. The summed E-state index contributed by atoms with van der Waals surface area (Å²) in [4.78, 5) is 15.4. The van der Waals surface area contributed by atoms with E-state index in [0.717, 1.165) is 49.4 Å². The Labute approximate surface area is 166 Å². The van der Waals surface area contributed by atoms with Crippen molar-refractivity contribution in [2.24, 2.45) is 0 Å². The largest absolute Gasteiger partial charge is 0.497 e. The maximum absolute atomic E-state index is 12.9. The van der Waals surface area contributed by atoms with E-state index in [2.05, 4.69) is 32.5 Å².